The second-order valence-corrected chi connectivity index (χ2v) is 10.0. The van der Waals surface area contributed by atoms with Gasteiger partial charge in [-0.3, -0.25) is 14.4 Å². The Morgan fingerprint density at radius 1 is 1.26 bits per heavy atom. The van der Waals surface area contributed by atoms with E-state index in [9.17, 15) is 14.4 Å². The van der Waals surface area contributed by atoms with Gasteiger partial charge in [0.2, 0.25) is 0 Å². The van der Waals surface area contributed by atoms with Crippen LogP contribution in [0.15, 0.2) is 29.7 Å². The number of benzene rings is 1. The van der Waals surface area contributed by atoms with E-state index in [2.05, 4.69) is 6.58 Å². The van der Waals surface area contributed by atoms with Crippen molar-refractivity contribution in [2.45, 2.75) is 65.0 Å². The van der Waals surface area contributed by atoms with E-state index in [1.54, 1.807) is 16.2 Å². The second-order valence-electron chi connectivity index (χ2n) is 8.68. The summed E-state index contributed by atoms with van der Waals surface area (Å²) in [7, 11) is 0. The monoisotopic (exact) mass is 455 g/mol. The Balaban J connectivity index is 1.40. The zero-order valence-corrected chi connectivity index (χ0v) is 19.5. The Morgan fingerprint density at radius 2 is 2.03 bits per heavy atom. The van der Waals surface area contributed by atoms with Crippen molar-refractivity contribution in [1.29, 1.82) is 0 Å². The van der Waals surface area contributed by atoms with Gasteiger partial charge in [-0.25, -0.2) is 0 Å². The summed E-state index contributed by atoms with van der Waals surface area (Å²) in [5, 5.41) is 2.57. The van der Waals surface area contributed by atoms with Gasteiger partial charge in [0, 0.05) is 41.1 Å². The van der Waals surface area contributed by atoms with E-state index < -0.39 is 0 Å². The van der Waals surface area contributed by atoms with Crippen LogP contribution in [0.3, 0.4) is 0 Å². The number of nitrogens with zero attached hydrogens (tertiary/aromatic N) is 1. The van der Waals surface area contributed by atoms with Crippen molar-refractivity contribution in [2.75, 3.05) is 0 Å². The topological polar surface area (TPSA) is 54.5 Å². The molecule has 2 aliphatic rings. The number of carbonyl (C=O) groups is 3. The fourth-order valence-corrected chi connectivity index (χ4v) is 5.76. The summed E-state index contributed by atoms with van der Waals surface area (Å²) >= 11 is 7.77. The first kappa shape index (κ1) is 22.0. The van der Waals surface area contributed by atoms with Crippen LogP contribution in [0.5, 0.6) is 0 Å². The molecule has 0 saturated heterocycles. The van der Waals surface area contributed by atoms with Crippen molar-refractivity contribution >= 4 is 40.4 Å². The molecule has 1 aromatic heterocycles. The fraction of sp³-hybridized carbons (Fsp3) is 0.400. The van der Waals surface area contributed by atoms with Gasteiger partial charge in [-0.15, -0.1) is 11.3 Å². The Hall–Kier alpha value is -2.24. The van der Waals surface area contributed by atoms with Crippen LogP contribution >= 0.6 is 22.9 Å². The summed E-state index contributed by atoms with van der Waals surface area (Å²) in [6.45, 7) is 8.34. The lowest BCUT2D eigenvalue weighted by Gasteiger charge is -2.30. The Labute approximate surface area is 191 Å². The van der Waals surface area contributed by atoms with Crippen molar-refractivity contribution in [3.05, 3.63) is 67.4 Å². The summed E-state index contributed by atoms with van der Waals surface area (Å²) < 4.78 is 0. The average Bonchev–Trinajstić information content (AvgIpc) is 3.25. The van der Waals surface area contributed by atoms with Crippen LogP contribution in [0.2, 0.25) is 5.02 Å². The van der Waals surface area contributed by atoms with Crippen molar-refractivity contribution in [3.8, 4) is 0 Å². The van der Waals surface area contributed by atoms with Gasteiger partial charge in [-0.05, 0) is 61.4 Å². The summed E-state index contributed by atoms with van der Waals surface area (Å²) in [4.78, 5) is 40.8. The highest BCUT2D eigenvalue weighted by Gasteiger charge is 2.39. The minimum Gasteiger partial charge on any atom is -0.324 e. The molecule has 1 aliphatic carbocycles. The van der Waals surface area contributed by atoms with Crippen LogP contribution in [-0.2, 0) is 29.0 Å². The first-order valence-corrected chi connectivity index (χ1v) is 11.9. The standard InChI is InChI=1S/C25H26ClNO3S/c1-14-4-6-22(23(29)8-14)27-12-19-20(25(27)30)13-31-24(19)7-5-18(28)10-17-11-21(26)16(3)9-15(17)2/h9,11,13,22H,1,4-8,10,12H2,2-3H3. The molecule has 2 heterocycles. The van der Waals surface area contributed by atoms with Crippen molar-refractivity contribution < 1.29 is 14.4 Å². The smallest absolute Gasteiger partial charge is 0.255 e. The number of fused-ring (bicyclic) bond motifs is 1. The fourth-order valence-electron chi connectivity index (χ4n) is 4.53. The zero-order chi connectivity index (χ0) is 22.3. The molecule has 2 aromatic rings. The van der Waals surface area contributed by atoms with Gasteiger partial charge < -0.3 is 4.90 Å². The zero-order valence-electron chi connectivity index (χ0n) is 17.9. The van der Waals surface area contributed by atoms with Crippen molar-refractivity contribution in [3.63, 3.8) is 0 Å². The van der Waals surface area contributed by atoms with Gasteiger partial charge in [0.25, 0.3) is 5.91 Å². The Kier molecular flexibility index (Phi) is 6.18. The molecule has 4 nitrogen and oxygen atoms in total. The lowest BCUT2D eigenvalue weighted by atomic mass is 9.89. The van der Waals surface area contributed by atoms with E-state index in [1.165, 1.54) is 0 Å². The van der Waals surface area contributed by atoms with Crippen molar-refractivity contribution in [2.24, 2.45) is 0 Å². The van der Waals surface area contributed by atoms with Gasteiger partial charge in [-0.1, -0.05) is 29.8 Å². The summed E-state index contributed by atoms with van der Waals surface area (Å²) in [6, 6.07) is 3.55. The van der Waals surface area contributed by atoms with E-state index in [4.69, 9.17) is 11.6 Å². The molecule has 162 valence electrons. The van der Waals surface area contributed by atoms with Crippen LogP contribution in [0.1, 0.15) is 63.2 Å². The molecule has 0 spiro atoms. The third-order valence-electron chi connectivity index (χ3n) is 6.38. The summed E-state index contributed by atoms with van der Waals surface area (Å²) in [6.07, 6.45) is 3.22. The molecule has 1 aliphatic heterocycles. The molecule has 31 heavy (non-hydrogen) atoms. The number of allylic oxidation sites excluding steroid dienone is 1. The minimum absolute atomic E-state index is 0.0559. The number of hydrogen-bond donors (Lipinski definition) is 0. The molecule has 1 amide bonds. The van der Waals surface area contributed by atoms with Gasteiger partial charge in [0.1, 0.15) is 5.78 Å². The molecule has 1 fully saturated rings. The first-order chi connectivity index (χ1) is 14.7. The van der Waals surface area contributed by atoms with Crippen molar-refractivity contribution in [1.82, 2.24) is 4.90 Å². The molecule has 4 rings (SSSR count). The predicted octanol–water partition coefficient (Wildman–Crippen LogP) is 5.40. The highest BCUT2D eigenvalue weighted by molar-refractivity contribution is 7.10. The average molecular weight is 456 g/mol. The van der Waals surface area contributed by atoms with E-state index >= 15 is 0 Å². The Bertz CT molecular complexity index is 1100. The van der Waals surface area contributed by atoms with Gasteiger partial charge in [0.05, 0.1) is 11.6 Å². The molecule has 0 radical (unpaired) electrons. The lowest BCUT2D eigenvalue weighted by Crippen LogP contribution is -2.43. The van der Waals surface area contributed by atoms with Crippen LogP contribution < -0.4 is 0 Å². The normalized spacial score (nSPS) is 18.6. The molecule has 6 heteroatoms. The largest absolute Gasteiger partial charge is 0.324 e. The highest BCUT2D eigenvalue weighted by Crippen LogP contribution is 2.36. The third kappa shape index (κ3) is 4.39. The number of aryl methyl sites for hydroxylation is 3. The number of hydrogen-bond acceptors (Lipinski definition) is 4. The third-order valence-corrected chi connectivity index (χ3v) is 7.88. The number of halogens is 1. The van der Waals surface area contributed by atoms with Gasteiger partial charge in [-0.2, -0.15) is 0 Å². The predicted molar refractivity (Wildman–Crippen MR) is 124 cm³/mol. The number of amides is 1. The van der Waals surface area contributed by atoms with Crippen LogP contribution in [-0.4, -0.2) is 28.4 Å². The van der Waals surface area contributed by atoms with Crippen LogP contribution in [0, 0.1) is 13.8 Å². The Morgan fingerprint density at radius 3 is 2.77 bits per heavy atom. The summed E-state index contributed by atoms with van der Waals surface area (Å²) in [5.74, 6) is 0.189. The van der Waals surface area contributed by atoms with Crippen LogP contribution in [0.25, 0.3) is 0 Å². The van der Waals surface area contributed by atoms with Gasteiger partial charge >= 0.3 is 0 Å². The second kappa shape index (κ2) is 8.71. The molecule has 1 aromatic carbocycles. The van der Waals surface area contributed by atoms with E-state index in [1.807, 2.05) is 31.4 Å². The van der Waals surface area contributed by atoms with E-state index in [-0.39, 0.29) is 23.5 Å². The molecule has 1 atom stereocenters. The molecule has 1 unspecified atom stereocenters. The molecular formula is C25H26ClNO3S. The number of ketones is 2. The maximum atomic E-state index is 12.9. The molecule has 0 N–H and O–H groups in total. The first-order valence-electron chi connectivity index (χ1n) is 10.6. The number of carbonyl (C=O) groups excluding carboxylic acids is 3. The maximum Gasteiger partial charge on any atom is 0.255 e. The molecule has 1 saturated carbocycles. The minimum atomic E-state index is -0.348. The molecular weight excluding hydrogens is 430 g/mol. The number of rotatable bonds is 6. The number of Topliss-reactive ketones (excluding diaryl/α,β-unsaturated/α-hetero) is 2. The highest BCUT2D eigenvalue weighted by atomic mass is 35.5. The lowest BCUT2D eigenvalue weighted by molar-refractivity contribution is -0.124. The summed E-state index contributed by atoms with van der Waals surface area (Å²) in [5.41, 5.74) is 5.70. The van der Waals surface area contributed by atoms with Crippen LogP contribution in [0.4, 0.5) is 0 Å². The maximum absolute atomic E-state index is 12.9. The van der Waals surface area contributed by atoms with E-state index in [0.717, 1.165) is 39.1 Å². The number of thiophene rings is 1. The van der Waals surface area contributed by atoms with Gasteiger partial charge in [0.15, 0.2) is 5.78 Å². The molecule has 0 bridgehead atoms. The SMILES string of the molecule is C=C1CCC(N2Cc3c(csc3CCC(=O)Cc3cc(Cl)c(C)cc3C)C2=O)C(=O)C1. The van der Waals surface area contributed by atoms with E-state index in [0.29, 0.717) is 49.2 Å². The quantitative estimate of drug-likeness (QED) is 0.548.